The fraction of sp³-hybridized carbons (Fsp3) is 0.125. The zero-order valence-corrected chi connectivity index (χ0v) is 14.1. The number of benzene rings is 1. The van der Waals surface area contributed by atoms with Gasteiger partial charge < -0.3 is 5.32 Å². The number of nitrogens with zero attached hydrogens (tertiary/aromatic N) is 1. The van der Waals surface area contributed by atoms with E-state index in [1.165, 1.54) is 4.88 Å². The van der Waals surface area contributed by atoms with E-state index in [1.54, 1.807) is 17.4 Å². The van der Waals surface area contributed by atoms with E-state index in [9.17, 15) is 4.79 Å². The Bertz CT molecular complexity index is 767. The predicted molar refractivity (Wildman–Crippen MR) is 92.1 cm³/mol. The number of carbonyl (C=O) groups excluding carboxylic acids is 1. The molecular formula is C16H14BrN3OS. The molecule has 0 aliphatic heterocycles. The number of hydrogen-bond acceptors (Lipinski definition) is 3. The number of hydrogen-bond donors (Lipinski definition) is 2. The van der Waals surface area contributed by atoms with Crippen molar-refractivity contribution < 1.29 is 4.79 Å². The Morgan fingerprint density at radius 3 is 2.77 bits per heavy atom. The zero-order valence-electron chi connectivity index (χ0n) is 11.7. The van der Waals surface area contributed by atoms with Crippen LogP contribution in [0.15, 0.2) is 52.3 Å². The average molecular weight is 376 g/mol. The number of thiophene rings is 1. The van der Waals surface area contributed by atoms with Crippen LogP contribution >= 0.6 is 27.3 Å². The number of rotatable bonds is 5. The van der Waals surface area contributed by atoms with Gasteiger partial charge in [-0.05, 0) is 40.5 Å². The van der Waals surface area contributed by atoms with Gasteiger partial charge in [-0.3, -0.25) is 9.89 Å². The number of carbonyl (C=O) groups is 1. The standard InChI is InChI=1S/C16H14BrN3OS/c17-15-7-6-12(22-15)8-9-18-16(21)14-10-13(19-20-14)11-4-2-1-3-5-11/h1-7,10H,8-9H2,(H,18,21)(H,19,20). The number of aromatic amines is 1. The van der Waals surface area contributed by atoms with Crippen molar-refractivity contribution in [2.45, 2.75) is 6.42 Å². The Kier molecular flexibility index (Phi) is 4.70. The summed E-state index contributed by atoms with van der Waals surface area (Å²) >= 11 is 5.11. The van der Waals surface area contributed by atoms with E-state index in [0.29, 0.717) is 12.2 Å². The Morgan fingerprint density at radius 1 is 1.23 bits per heavy atom. The number of aromatic nitrogens is 2. The molecule has 4 nitrogen and oxygen atoms in total. The lowest BCUT2D eigenvalue weighted by molar-refractivity contribution is 0.0949. The van der Waals surface area contributed by atoms with Gasteiger partial charge in [0, 0.05) is 17.0 Å². The molecule has 0 bridgehead atoms. The van der Waals surface area contributed by atoms with Crippen LogP contribution in [-0.2, 0) is 6.42 Å². The first kappa shape index (κ1) is 15.0. The molecule has 0 fully saturated rings. The molecule has 3 rings (SSSR count). The molecule has 2 heterocycles. The molecule has 0 saturated heterocycles. The third-order valence-corrected chi connectivity index (χ3v) is 4.86. The lowest BCUT2D eigenvalue weighted by Gasteiger charge is -2.01. The number of amides is 1. The minimum atomic E-state index is -0.134. The highest BCUT2D eigenvalue weighted by molar-refractivity contribution is 9.11. The van der Waals surface area contributed by atoms with Crippen LogP contribution in [0.2, 0.25) is 0 Å². The molecule has 1 amide bonds. The highest BCUT2D eigenvalue weighted by Crippen LogP contribution is 2.22. The van der Waals surface area contributed by atoms with Crippen LogP contribution in [0.4, 0.5) is 0 Å². The summed E-state index contributed by atoms with van der Waals surface area (Å²) in [5.74, 6) is -0.134. The molecular weight excluding hydrogens is 362 g/mol. The van der Waals surface area contributed by atoms with Gasteiger partial charge in [-0.2, -0.15) is 5.10 Å². The van der Waals surface area contributed by atoms with E-state index in [4.69, 9.17) is 0 Å². The Balaban J connectivity index is 1.58. The molecule has 0 atom stereocenters. The highest BCUT2D eigenvalue weighted by Gasteiger charge is 2.10. The van der Waals surface area contributed by atoms with Crippen molar-refractivity contribution in [2.75, 3.05) is 6.54 Å². The highest BCUT2D eigenvalue weighted by atomic mass is 79.9. The maximum atomic E-state index is 12.1. The van der Waals surface area contributed by atoms with Crippen molar-refractivity contribution in [3.63, 3.8) is 0 Å². The van der Waals surface area contributed by atoms with Gasteiger partial charge in [-0.15, -0.1) is 11.3 Å². The third kappa shape index (κ3) is 3.64. The fourth-order valence-corrected chi connectivity index (χ4v) is 3.56. The Labute approximate surface area is 140 Å². The van der Waals surface area contributed by atoms with E-state index in [0.717, 1.165) is 21.5 Å². The zero-order chi connectivity index (χ0) is 15.4. The molecule has 0 spiro atoms. The molecule has 0 radical (unpaired) electrons. The van der Waals surface area contributed by atoms with Crippen LogP contribution in [-0.4, -0.2) is 22.6 Å². The fourth-order valence-electron chi connectivity index (χ4n) is 2.08. The molecule has 22 heavy (non-hydrogen) atoms. The number of halogens is 1. The molecule has 2 N–H and O–H groups in total. The van der Waals surface area contributed by atoms with Gasteiger partial charge in [0.05, 0.1) is 9.48 Å². The molecule has 0 unspecified atom stereocenters. The summed E-state index contributed by atoms with van der Waals surface area (Å²) in [6, 6.07) is 15.6. The van der Waals surface area contributed by atoms with Crippen LogP contribution in [0.25, 0.3) is 11.3 Å². The topological polar surface area (TPSA) is 57.8 Å². The summed E-state index contributed by atoms with van der Waals surface area (Å²) in [5, 5.41) is 9.88. The second-order valence-electron chi connectivity index (χ2n) is 4.74. The smallest absolute Gasteiger partial charge is 0.269 e. The van der Waals surface area contributed by atoms with E-state index in [2.05, 4.69) is 37.5 Å². The largest absolute Gasteiger partial charge is 0.350 e. The van der Waals surface area contributed by atoms with E-state index in [-0.39, 0.29) is 5.91 Å². The minimum absolute atomic E-state index is 0.134. The molecule has 112 valence electrons. The monoisotopic (exact) mass is 375 g/mol. The van der Waals surface area contributed by atoms with E-state index in [1.807, 2.05) is 36.4 Å². The maximum Gasteiger partial charge on any atom is 0.269 e. The van der Waals surface area contributed by atoms with Crippen LogP contribution in [0.1, 0.15) is 15.4 Å². The van der Waals surface area contributed by atoms with Crippen molar-refractivity contribution in [1.29, 1.82) is 0 Å². The van der Waals surface area contributed by atoms with Gasteiger partial charge in [-0.25, -0.2) is 0 Å². The number of nitrogens with one attached hydrogen (secondary N) is 2. The van der Waals surface area contributed by atoms with E-state index >= 15 is 0 Å². The predicted octanol–water partition coefficient (Wildman–Crippen LogP) is 3.87. The quantitative estimate of drug-likeness (QED) is 0.710. The third-order valence-electron chi connectivity index (χ3n) is 3.18. The van der Waals surface area contributed by atoms with Crippen molar-refractivity contribution in [3.8, 4) is 11.3 Å². The van der Waals surface area contributed by atoms with Gasteiger partial charge in [-0.1, -0.05) is 30.3 Å². The summed E-state index contributed by atoms with van der Waals surface area (Å²) in [6.07, 6.45) is 0.821. The molecule has 6 heteroatoms. The second-order valence-corrected chi connectivity index (χ2v) is 7.29. The summed E-state index contributed by atoms with van der Waals surface area (Å²) in [7, 11) is 0. The summed E-state index contributed by atoms with van der Waals surface area (Å²) in [4.78, 5) is 13.3. The Hall–Kier alpha value is -1.92. The molecule has 0 aliphatic rings. The lowest BCUT2D eigenvalue weighted by Crippen LogP contribution is -2.25. The van der Waals surface area contributed by atoms with Crippen LogP contribution < -0.4 is 5.32 Å². The van der Waals surface area contributed by atoms with Crippen LogP contribution in [0.3, 0.4) is 0 Å². The van der Waals surface area contributed by atoms with Crippen molar-refractivity contribution >= 4 is 33.2 Å². The summed E-state index contributed by atoms with van der Waals surface area (Å²) in [5.41, 5.74) is 2.24. The van der Waals surface area contributed by atoms with Crippen LogP contribution in [0.5, 0.6) is 0 Å². The van der Waals surface area contributed by atoms with Crippen LogP contribution in [0, 0.1) is 0 Å². The first-order valence-corrected chi connectivity index (χ1v) is 8.46. The van der Waals surface area contributed by atoms with Gasteiger partial charge in [0.1, 0.15) is 5.69 Å². The summed E-state index contributed by atoms with van der Waals surface area (Å²) < 4.78 is 1.11. The first-order valence-electron chi connectivity index (χ1n) is 6.85. The molecule has 1 aromatic carbocycles. The normalized spacial score (nSPS) is 10.6. The average Bonchev–Trinajstić information content (AvgIpc) is 3.17. The number of H-pyrrole nitrogens is 1. The second kappa shape index (κ2) is 6.89. The Morgan fingerprint density at radius 2 is 2.05 bits per heavy atom. The van der Waals surface area contributed by atoms with Gasteiger partial charge >= 0.3 is 0 Å². The molecule has 0 saturated carbocycles. The lowest BCUT2D eigenvalue weighted by atomic mass is 10.1. The van der Waals surface area contributed by atoms with Gasteiger partial charge in [0.15, 0.2) is 0 Å². The molecule has 3 aromatic rings. The van der Waals surface area contributed by atoms with Crippen molar-refractivity contribution in [3.05, 3.63) is 62.9 Å². The van der Waals surface area contributed by atoms with Crippen molar-refractivity contribution in [1.82, 2.24) is 15.5 Å². The maximum absolute atomic E-state index is 12.1. The summed E-state index contributed by atoms with van der Waals surface area (Å²) in [6.45, 7) is 0.603. The van der Waals surface area contributed by atoms with E-state index < -0.39 is 0 Å². The van der Waals surface area contributed by atoms with Crippen molar-refractivity contribution in [2.24, 2.45) is 0 Å². The molecule has 2 aromatic heterocycles. The SMILES string of the molecule is O=C(NCCc1ccc(Br)s1)c1cc(-c2ccccc2)n[nH]1. The minimum Gasteiger partial charge on any atom is -0.350 e. The van der Waals surface area contributed by atoms with Gasteiger partial charge in [0.2, 0.25) is 0 Å². The molecule has 0 aliphatic carbocycles. The van der Waals surface area contributed by atoms with Gasteiger partial charge in [0.25, 0.3) is 5.91 Å². The first-order chi connectivity index (χ1) is 10.7.